The van der Waals surface area contributed by atoms with Gasteiger partial charge in [0.15, 0.2) is 6.61 Å². The highest BCUT2D eigenvalue weighted by molar-refractivity contribution is 7.18. The zero-order chi connectivity index (χ0) is 18.0. The number of thiazole rings is 1. The normalized spacial score (nSPS) is 12.2. The average Bonchev–Trinajstić information content (AvgIpc) is 3.05. The van der Waals surface area contributed by atoms with Gasteiger partial charge in [-0.05, 0) is 50.1 Å². The van der Waals surface area contributed by atoms with E-state index in [-0.39, 0.29) is 18.6 Å². The van der Waals surface area contributed by atoms with Crippen molar-refractivity contribution in [2.45, 2.75) is 26.8 Å². The van der Waals surface area contributed by atoms with E-state index in [9.17, 15) is 4.79 Å². The molecule has 0 aliphatic carbocycles. The number of hydrogen-bond donors (Lipinski definition) is 0. The summed E-state index contributed by atoms with van der Waals surface area (Å²) in [7, 11) is 1.80. The highest BCUT2D eigenvalue weighted by Gasteiger charge is 2.21. The fraction of sp³-hybridized carbons (Fsp3) is 0.300. The summed E-state index contributed by atoms with van der Waals surface area (Å²) < 4.78 is 6.87. The fourth-order valence-corrected chi connectivity index (χ4v) is 3.62. The maximum Gasteiger partial charge on any atom is 0.260 e. The third-order valence-corrected chi connectivity index (χ3v) is 5.54. The molecule has 25 heavy (non-hydrogen) atoms. The lowest BCUT2D eigenvalue weighted by Crippen LogP contribution is -2.33. The van der Waals surface area contributed by atoms with Crippen molar-refractivity contribution < 1.29 is 9.53 Å². The molecule has 1 heterocycles. The minimum absolute atomic E-state index is 0.0238. The number of para-hydroxylation sites is 1. The number of ether oxygens (including phenoxy) is 1. The van der Waals surface area contributed by atoms with E-state index in [0.717, 1.165) is 32.1 Å². The SMILES string of the molecule is Cc1ccc(C)c(OCC(=O)N(C)C(C)c2nc3ccccc3s2)c1. The van der Waals surface area contributed by atoms with Crippen LogP contribution in [-0.2, 0) is 4.79 Å². The molecule has 2 aromatic carbocycles. The van der Waals surface area contributed by atoms with E-state index in [1.165, 1.54) is 0 Å². The Balaban J connectivity index is 1.67. The molecule has 5 heteroatoms. The lowest BCUT2D eigenvalue weighted by molar-refractivity contribution is -0.134. The lowest BCUT2D eigenvalue weighted by Gasteiger charge is -2.23. The number of hydrogen-bond acceptors (Lipinski definition) is 4. The van der Waals surface area contributed by atoms with E-state index in [4.69, 9.17) is 4.74 Å². The van der Waals surface area contributed by atoms with Crippen molar-refractivity contribution in [3.63, 3.8) is 0 Å². The number of likely N-dealkylation sites (N-methyl/N-ethyl adjacent to an activating group) is 1. The molecule has 0 fully saturated rings. The van der Waals surface area contributed by atoms with Crippen LogP contribution in [0.15, 0.2) is 42.5 Å². The first-order chi connectivity index (χ1) is 12.0. The number of benzene rings is 2. The summed E-state index contributed by atoms with van der Waals surface area (Å²) in [5.41, 5.74) is 3.12. The van der Waals surface area contributed by atoms with Crippen LogP contribution in [0.25, 0.3) is 10.2 Å². The molecule has 0 radical (unpaired) electrons. The van der Waals surface area contributed by atoms with Crippen LogP contribution in [0.1, 0.15) is 29.1 Å². The average molecular weight is 354 g/mol. The first-order valence-electron chi connectivity index (χ1n) is 8.27. The monoisotopic (exact) mass is 354 g/mol. The molecule has 0 N–H and O–H groups in total. The van der Waals surface area contributed by atoms with E-state index < -0.39 is 0 Å². The molecule has 1 unspecified atom stereocenters. The Labute approximate surface area is 152 Å². The summed E-state index contributed by atoms with van der Waals surface area (Å²) in [5, 5.41) is 0.934. The van der Waals surface area contributed by atoms with Crippen molar-refractivity contribution in [3.8, 4) is 5.75 Å². The molecule has 1 atom stereocenters. The van der Waals surface area contributed by atoms with Gasteiger partial charge >= 0.3 is 0 Å². The van der Waals surface area contributed by atoms with Crippen LogP contribution in [0, 0.1) is 13.8 Å². The first-order valence-corrected chi connectivity index (χ1v) is 9.08. The highest BCUT2D eigenvalue weighted by atomic mass is 32.1. The summed E-state index contributed by atoms with van der Waals surface area (Å²) in [5.74, 6) is 0.696. The largest absolute Gasteiger partial charge is 0.483 e. The number of carbonyl (C=O) groups is 1. The molecule has 0 aliphatic heterocycles. The summed E-state index contributed by atoms with van der Waals surface area (Å²) in [6.45, 7) is 6.01. The van der Waals surface area contributed by atoms with Gasteiger partial charge in [0.05, 0.1) is 16.3 Å². The van der Waals surface area contributed by atoms with Crippen molar-refractivity contribution in [2.24, 2.45) is 0 Å². The van der Waals surface area contributed by atoms with Gasteiger partial charge in [0.25, 0.3) is 5.91 Å². The van der Waals surface area contributed by atoms with E-state index in [1.807, 2.05) is 57.2 Å². The zero-order valence-electron chi connectivity index (χ0n) is 14.9. The van der Waals surface area contributed by atoms with Crippen LogP contribution < -0.4 is 4.74 Å². The number of aryl methyl sites for hydroxylation is 2. The van der Waals surface area contributed by atoms with Crippen molar-refractivity contribution in [3.05, 3.63) is 58.6 Å². The second kappa shape index (κ2) is 7.23. The number of carbonyl (C=O) groups excluding carboxylic acids is 1. The molecule has 3 rings (SSSR count). The van der Waals surface area contributed by atoms with Crippen molar-refractivity contribution >= 4 is 27.5 Å². The topological polar surface area (TPSA) is 42.4 Å². The Hall–Kier alpha value is -2.40. The summed E-state index contributed by atoms with van der Waals surface area (Å²) >= 11 is 1.62. The lowest BCUT2D eigenvalue weighted by atomic mass is 10.1. The summed E-state index contributed by atoms with van der Waals surface area (Å²) in [6, 6.07) is 13.9. The van der Waals surface area contributed by atoms with Crippen LogP contribution in [0.4, 0.5) is 0 Å². The van der Waals surface area contributed by atoms with Crippen molar-refractivity contribution in [1.29, 1.82) is 0 Å². The number of aromatic nitrogens is 1. The Bertz CT molecular complexity index is 871. The Kier molecular flexibility index (Phi) is 5.04. The maximum absolute atomic E-state index is 12.5. The molecular weight excluding hydrogens is 332 g/mol. The van der Waals surface area contributed by atoms with Gasteiger partial charge in [0, 0.05) is 7.05 Å². The Morgan fingerprint density at radius 1 is 1.24 bits per heavy atom. The second-order valence-electron chi connectivity index (χ2n) is 6.26. The van der Waals surface area contributed by atoms with Crippen molar-refractivity contribution in [2.75, 3.05) is 13.7 Å². The number of nitrogens with zero attached hydrogens (tertiary/aromatic N) is 2. The standard InChI is InChI=1S/C20H22N2O2S/c1-13-9-10-14(2)17(11-13)24-12-19(23)22(4)15(3)20-21-16-7-5-6-8-18(16)25-20/h5-11,15H,12H2,1-4H3. The third kappa shape index (κ3) is 3.82. The Morgan fingerprint density at radius 2 is 2.00 bits per heavy atom. The van der Waals surface area contributed by atoms with Gasteiger partial charge in [-0.2, -0.15) is 0 Å². The van der Waals surface area contributed by atoms with Crippen LogP contribution in [0.3, 0.4) is 0 Å². The van der Waals surface area contributed by atoms with E-state index in [0.29, 0.717) is 0 Å². The van der Waals surface area contributed by atoms with E-state index in [2.05, 4.69) is 11.1 Å². The second-order valence-corrected chi connectivity index (χ2v) is 7.32. The van der Waals surface area contributed by atoms with Gasteiger partial charge in [-0.3, -0.25) is 4.79 Å². The molecule has 1 amide bonds. The van der Waals surface area contributed by atoms with E-state index >= 15 is 0 Å². The zero-order valence-corrected chi connectivity index (χ0v) is 15.8. The predicted molar refractivity (Wildman–Crippen MR) is 102 cm³/mol. The van der Waals surface area contributed by atoms with E-state index in [1.54, 1.807) is 23.3 Å². The maximum atomic E-state index is 12.5. The molecule has 3 aromatic rings. The number of fused-ring (bicyclic) bond motifs is 1. The number of amides is 1. The number of rotatable bonds is 5. The molecule has 130 valence electrons. The highest BCUT2D eigenvalue weighted by Crippen LogP contribution is 2.29. The van der Waals surface area contributed by atoms with Gasteiger partial charge in [0.2, 0.25) is 0 Å². The van der Waals surface area contributed by atoms with Crippen LogP contribution in [0.5, 0.6) is 5.75 Å². The summed E-state index contributed by atoms with van der Waals surface area (Å²) in [4.78, 5) is 18.9. The van der Waals surface area contributed by atoms with Gasteiger partial charge < -0.3 is 9.64 Å². The van der Waals surface area contributed by atoms with Gasteiger partial charge in [-0.25, -0.2) is 4.98 Å². The molecular formula is C20H22N2O2S. The molecule has 0 saturated carbocycles. The predicted octanol–water partition coefficient (Wildman–Crippen LogP) is 4.51. The molecule has 0 aliphatic rings. The minimum atomic E-state index is -0.0906. The van der Waals surface area contributed by atoms with Crippen LogP contribution in [0.2, 0.25) is 0 Å². The van der Waals surface area contributed by atoms with Gasteiger partial charge in [0.1, 0.15) is 10.8 Å². The molecule has 1 aromatic heterocycles. The molecule has 0 spiro atoms. The quantitative estimate of drug-likeness (QED) is 0.677. The first kappa shape index (κ1) is 17.4. The summed E-state index contributed by atoms with van der Waals surface area (Å²) in [6.07, 6.45) is 0. The molecule has 0 bridgehead atoms. The van der Waals surface area contributed by atoms with Gasteiger partial charge in [-0.15, -0.1) is 11.3 Å². The fourth-order valence-electron chi connectivity index (χ4n) is 2.55. The van der Waals surface area contributed by atoms with Crippen molar-refractivity contribution in [1.82, 2.24) is 9.88 Å². The molecule has 4 nitrogen and oxygen atoms in total. The Morgan fingerprint density at radius 3 is 2.76 bits per heavy atom. The van der Waals surface area contributed by atoms with Crippen LogP contribution >= 0.6 is 11.3 Å². The minimum Gasteiger partial charge on any atom is -0.483 e. The third-order valence-electron chi connectivity index (χ3n) is 4.34. The molecule has 0 saturated heterocycles. The van der Waals surface area contributed by atoms with Crippen LogP contribution in [-0.4, -0.2) is 29.4 Å². The smallest absolute Gasteiger partial charge is 0.260 e. The van der Waals surface area contributed by atoms with Gasteiger partial charge in [-0.1, -0.05) is 24.3 Å².